The lowest BCUT2D eigenvalue weighted by Gasteiger charge is -2.34. The van der Waals surface area contributed by atoms with E-state index >= 15 is 0 Å². The van der Waals surface area contributed by atoms with Crippen molar-refractivity contribution in [2.75, 3.05) is 11.5 Å². The molecule has 1 heterocycles. The number of nitrogens with zero attached hydrogens (tertiary/aromatic N) is 4. The summed E-state index contributed by atoms with van der Waals surface area (Å²) in [5, 5.41) is 31.8. The zero-order chi connectivity index (χ0) is 23.8. The lowest BCUT2D eigenvalue weighted by Crippen LogP contribution is -2.51. The van der Waals surface area contributed by atoms with E-state index in [4.69, 9.17) is 4.74 Å². The molecule has 2 aromatic carbocycles. The lowest BCUT2D eigenvalue weighted by molar-refractivity contribution is -0.384. The van der Waals surface area contributed by atoms with E-state index in [1.165, 1.54) is 29.2 Å². The van der Waals surface area contributed by atoms with Gasteiger partial charge in [-0.3, -0.25) is 14.9 Å². The Bertz CT molecular complexity index is 1270. The first-order chi connectivity index (χ1) is 15.9. The van der Waals surface area contributed by atoms with E-state index in [2.05, 4.69) is 0 Å². The number of ether oxygens (including phenoxy) is 1. The molecule has 1 aliphatic carbocycles. The molecule has 9 nitrogen and oxygen atoms in total. The number of carbonyl (C=O) groups is 2. The quantitative estimate of drug-likeness (QED) is 0.393. The lowest BCUT2D eigenvalue weighted by atomic mass is 9.60. The number of amides is 1. The molecule has 1 spiro atoms. The number of nitriles is 2. The molecule has 0 saturated carbocycles. The van der Waals surface area contributed by atoms with Crippen molar-refractivity contribution < 1.29 is 19.2 Å². The number of non-ortho nitro benzene ring substituents is 1. The number of nitro groups is 1. The maximum atomic E-state index is 14.1. The molecule has 9 heteroatoms. The summed E-state index contributed by atoms with van der Waals surface area (Å²) in [4.78, 5) is 39.4. The summed E-state index contributed by atoms with van der Waals surface area (Å²) in [7, 11) is 0. The highest BCUT2D eigenvalue weighted by molar-refractivity contribution is 6.17. The van der Waals surface area contributed by atoms with E-state index in [0.29, 0.717) is 5.69 Å². The van der Waals surface area contributed by atoms with Crippen LogP contribution in [0.4, 0.5) is 11.4 Å². The largest absolute Gasteiger partial charge is 0.463 e. The van der Waals surface area contributed by atoms with E-state index in [1.807, 2.05) is 30.3 Å². The van der Waals surface area contributed by atoms with Gasteiger partial charge in [0.2, 0.25) is 5.91 Å². The summed E-state index contributed by atoms with van der Waals surface area (Å²) >= 11 is 0. The number of esters is 1. The summed E-state index contributed by atoms with van der Waals surface area (Å²) < 4.78 is 5.16. The third kappa shape index (κ3) is 2.90. The van der Waals surface area contributed by atoms with Crippen LogP contribution in [-0.4, -0.2) is 23.4 Å². The van der Waals surface area contributed by atoms with Crippen molar-refractivity contribution in [3.8, 4) is 12.1 Å². The highest BCUT2D eigenvalue weighted by Crippen LogP contribution is 2.61. The minimum atomic E-state index is -2.04. The van der Waals surface area contributed by atoms with Crippen LogP contribution < -0.4 is 4.90 Å². The smallest absolute Gasteiger partial charge is 0.335 e. The maximum Gasteiger partial charge on any atom is 0.335 e. The highest BCUT2D eigenvalue weighted by atomic mass is 16.6. The second-order valence-electron chi connectivity index (χ2n) is 7.76. The summed E-state index contributed by atoms with van der Waals surface area (Å²) in [6, 6.07) is 16.8. The molecule has 0 fully saturated rings. The molecule has 0 bridgehead atoms. The SMILES string of the molecule is CCOC(=O)C1=CCC(C#N)(C#N)C12C(=O)N(Cc1ccccc1)c1ccc([N+](=O)[O-])cc12. The Morgan fingerprint density at radius 2 is 1.91 bits per heavy atom. The fraction of sp³-hybridized carbons (Fsp3) is 0.250. The second kappa shape index (κ2) is 7.88. The van der Waals surface area contributed by atoms with Crippen LogP contribution in [0.15, 0.2) is 60.2 Å². The van der Waals surface area contributed by atoms with Crippen LogP contribution >= 0.6 is 0 Å². The number of benzene rings is 2. The van der Waals surface area contributed by atoms with E-state index in [0.717, 1.165) is 5.56 Å². The van der Waals surface area contributed by atoms with Crippen LogP contribution in [0.25, 0.3) is 0 Å². The Morgan fingerprint density at radius 3 is 2.52 bits per heavy atom. The van der Waals surface area contributed by atoms with E-state index in [9.17, 15) is 30.2 Å². The number of nitro benzene ring substituents is 1. The summed E-state index contributed by atoms with van der Waals surface area (Å²) in [5.74, 6) is -1.50. The van der Waals surface area contributed by atoms with Crippen LogP contribution in [0.3, 0.4) is 0 Å². The number of rotatable bonds is 5. The molecular weight excluding hydrogens is 424 g/mol. The molecule has 2 aliphatic rings. The Balaban J connectivity index is 2.02. The molecule has 1 aliphatic heterocycles. The predicted molar refractivity (Wildman–Crippen MR) is 115 cm³/mol. The van der Waals surface area contributed by atoms with E-state index < -0.39 is 27.6 Å². The van der Waals surface area contributed by atoms with Crippen molar-refractivity contribution in [1.29, 1.82) is 10.5 Å². The van der Waals surface area contributed by atoms with Gasteiger partial charge in [0.05, 0.1) is 35.8 Å². The molecule has 0 aromatic heterocycles. The van der Waals surface area contributed by atoms with Crippen molar-refractivity contribution in [2.45, 2.75) is 25.3 Å². The van der Waals surface area contributed by atoms with Crippen molar-refractivity contribution in [3.63, 3.8) is 0 Å². The van der Waals surface area contributed by atoms with Crippen LogP contribution in [0, 0.1) is 38.2 Å². The van der Waals surface area contributed by atoms with Crippen LogP contribution in [0.2, 0.25) is 0 Å². The number of allylic oxidation sites excluding steroid dienone is 1. The van der Waals surface area contributed by atoms with Gasteiger partial charge in [-0.2, -0.15) is 10.5 Å². The molecule has 1 amide bonds. The van der Waals surface area contributed by atoms with E-state index in [1.54, 1.807) is 19.1 Å². The summed E-state index contributed by atoms with van der Waals surface area (Å²) in [6.45, 7) is 1.70. The molecule has 1 unspecified atom stereocenters. The van der Waals surface area contributed by atoms with Gasteiger partial charge in [0.25, 0.3) is 5.69 Å². The van der Waals surface area contributed by atoms with Crippen LogP contribution in [-0.2, 0) is 26.3 Å². The molecule has 0 N–H and O–H groups in total. The summed E-state index contributed by atoms with van der Waals surface area (Å²) in [6.07, 6.45) is 1.18. The average Bonchev–Trinajstić information content (AvgIpc) is 3.29. The van der Waals surface area contributed by atoms with Gasteiger partial charge in [0.15, 0.2) is 5.41 Å². The Labute approximate surface area is 189 Å². The molecule has 1 atom stereocenters. The first kappa shape index (κ1) is 21.7. The number of hydrogen-bond donors (Lipinski definition) is 0. The number of carbonyl (C=O) groups excluding carboxylic acids is 2. The molecule has 4 rings (SSSR count). The maximum absolute atomic E-state index is 14.1. The van der Waals surface area contributed by atoms with Gasteiger partial charge in [-0.25, -0.2) is 4.79 Å². The topological polar surface area (TPSA) is 137 Å². The molecule has 33 heavy (non-hydrogen) atoms. The van der Waals surface area contributed by atoms with Crippen molar-refractivity contribution >= 4 is 23.3 Å². The zero-order valence-corrected chi connectivity index (χ0v) is 17.6. The van der Waals surface area contributed by atoms with Crippen LogP contribution in [0.5, 0.6) is 0 Å². The Kier molecular flexibility index (Phi) is 5.19. The first-order valence-electron chi connectivity index (χ1n) is 10.2. The second-order valence-corrected chi connectivity index (χ2v) is 7.76. The Hall–Kier alpha value is -4.50. The third-order valence-corrected chi connectivity index (χ3v) is 6.17. The highest BCUT2D eigenvalue weighted by Gasteiger charge is 2.70. The van der Waals surface area contributed by atoms with Gasteiger partial charge < -0.3 is 9.64 Å². The monoisotopic (exact) mass is 442 g/mol. The average molecular weight is 442 g/mol. The minimum Gasteiger partial charge on any atom is -0.463 e. The predicted octanol–water partition coefficient (Wildman–Crippen LogP) is 3.31. The van der Waals surface area contributed by atoms with Crippen molar-refractivity contribution in [2.24, 2.45) is 5.41 Å². The number of fused-ring (bicyclic) bond motifs is 2. The fourth-order valence-corrected chi connectivity index (χ4v) is 4.72. The van der Waals surface area contributed by atoms with Gasteiger partial charge in [0.1, 0.15) is 5.41 Å². The summed E-state index contributed by atoms with van der Waals surface area (Å²) in [5.41, 5.74) is -3.32. The molecule has 2 aromatic rings. The van der Waals surface area contributed by atoms with E-state index in [-0.39, 0.29) is 36.4 Å². The molecule has 0 radical (unpaired) electrons. The van der Waals surface area contributed by atoms with Gasteiger partial charge in [-0.1, -0.05) is 36.4 Å². The van der Waals surface area contributed by atoms with Gasteiger partial charge in [-0.05, 0) is 25.0 Å². The first-order valence-corrected chi connectivity index (χ1v) is 10.2. The van der Waals surface area contributed by atoms with Gasteiger partial charge in [0, 0.05) is 23.4 Å². The zero-order valence-electron chi connectivity index (χ0n) is 17.6. The normalized spacial score (nSPS) is 20.0. The van der Waals surface area contributed by atoms with Crippen LogP contribution in [0.1, 0.15) is 24.5 Å². The molecule has 0 saturated heterocycles. The standard InChI is InChI=1S/C24H18N4O5/c1-2-33-21(29)18-10-11-23(14-25,15-26)24(18)19-12-17(28(31)32)8-9-20(19)27(22(24)30)13-16-6-4-3-5-7-16/h3-10,12H,2,11,13H2,1H3. The number of anilines is 1. The van der Waals surface area contributed by atoms with Gasteiger partial charge >= 0.3 is 5.97 Å². The van der Waals surface area contributed by atoms with Crippen molar-refractivity contribution in [1.82, 2.24) is 0 Å². The Morgan fingerprint density at radius 1 is 1.21 bits per heavy atom. The minimum absolute atomic E-state index is 0.0159. The molecular formula is C24H18N4O5. The van der Waals surface area contributed by atoms with Gasteiger partial charge in [-0.15, -0.1) is 0 Å². The number of hydrogen-bond acceptors (Lipinski definition) is 7. The van der Waals surface area contributed by atoms with Crippen molar-refractivity contribution in [3.05, 3.63) is 81.4 Å². The fourth-order valence-electron chi connectivity index (χ4n) is 4.72. The third-order valence-electron chi connectivity index (χ3n) is 6.17. The molecule has 164 valence electrons.